The highest BCUT2D eigenvalue weighted by Crippen LogP contribution is 2.26. The maximum absolute atomic E-state index is 13.1. The van der Waals surface area contributed by atoms with E-state index in [2.05, 4.69) is 28.0 Å². The summed E-state index contributed by atoms with van der Waals surface area (Å²) in [6.45, 7) is 0. The van der Waals surface area contributed by atoms with Crippen LogP contribution in [0.5, 0.6) is 0 Å². The van der Waals surface area contributed by atoms with Gasteiger partial charge in [0, 0.05) is 3.57 Å². The third kappa shape index (κ3) is 3.83. The first-order valence-electron chi connectivity index (χ1n) is 5.86. The molecule has 0 bridgehead atoms. The zero-order chi connectivity index (χ0) is 14.7. The molecule has 2 aromatic rings. The fraction of sp³-hybridized carbons (Fsp3) is 0.143. The Morgan fingerprint density at radius 3 is 2.50 bits per heavy atom. The maximum Gasteiger partial charge on any atom is 0.141 e. The molecule has 0 aliphatic heterocycles. The van der Waals surface area contributed by atoms with Crippen molar-refractivity contribution in [1.82, 2.24) is 5.43 Å². The van der Waals surface area contributed by atoms with E-state index in [4.69, 9.17) is 29.0 Å². The van der Waals surface area contributed by atoms with Crippen molar-refractivity contribution in [2.45, 2.75) is 12.5 Å². The van der Waals surface area contributed by atoms with Crippen LogP contribution in [0.3, 0.4) is 0 Å². The van der Waals surface area contributed by atoms with Crippen molar-refractivity contribution in [3.05, 3.63) is 67.0 Å². The van der Waals surface area contributed by atoms with Gasteiger partial charge in [0.25, 0.3) is 0 Å². The topological polar surface area (TPSA) is 38.0 Å². The van der Waals surface area contributed by atoms with Gasteiger partial charge in [-0.2, -0.15) is 0 Å². The minimum Gasteiger partial charge on any atom is -0.271 e. The van der Waals surface area contributed by atoms with E-state index < -0.39 is 5.82 Å². The molecule has 0 spiro atoms. The molecule has 0 radical (unpaired) electrons. The van der Waals surface area contributed by atoms with Gasteiger partial charge in [0.2, 0.25) is 0 Å². The number of hydrogen-bond donors (Lipinski definition) is 2. The zero-order valence-electron chi connectivity index (χ0n) is 10.3. The number of nitrogens with one attached hydrogen (secondary N) is 1. The molecule has 0 fully saturated rings. The van der Waals surface area contributed by atoms with Gasteiger partial charge in [-0.25, -0.2) is 4.39 Å². The maximum atomic E-state index is 13.1. The number of rotatable bonds is 4. The Labute approximate surface area is 140 Å². The Morgan fingerprint density at radius 1 is 1.15 bits per heavy atom. The summed E-state index contributed by atoms with van der Waals surface area (Å²) in [6.07, 6.45) is 0.591. The molecule has 2 nitrogen and oxygen atoms in total. The normalized spacial score (nSPS) is 12.4. The predicted molar refractivity (Wildman–Crippen MR) is 89.3 cm³/mol. The lowest BCUT2D eigenvalue weighted by Gasteiger charge is -2.17. The highest BCUT2D eigenvalue weighted by molar-refractivity contribution is 14.1. The molecule has 2 rings (SSSR count). The summed E-state index contributed by atoms with van der Waals surface area (Å²) >= 11 is 14.1. The first kappa shape index (κ1) is 16.0. The molecule has 0 aromatic heterocycles. The van der Waals surface area contributed by atoms with Gasteiger partial charge in [-0.15, -0.1) is 0 Å². The molecule has 6 heteroatoms. The van der Waals surface area contributed by atoms with Gasteiger partial charge in [0.1, 0.15) is 5.82 Å². The SMILES string of the molecule is NNC(Cc1ccc(F)c(Cl)c1)c1ccc(I)c(Cl)c1. The van der Waals surface area contributed by atoms with Crippen LogP contribution in [0.4, 0.5) is 4.39 Å². The monoisotopic (exact) mass is 424 g/mol. The van der Waals surface area contributed by atoms with Crippen LogP contribution in [0.25, 0.3) is 0 Å². The minimum absolute atomic E-state index is 0.110. The van der Waals surface area contributed by atoms with Gasteiger partial charge in [0.15, 0.2) is 0 Å². The Hall–Kier alpha value is -0.400. The summed E-state index contributed by atoms with van der Waals surface area (Å²) in [5.74, 6) is 5.18. The summed E-state index contributed by atoms with van der Waals surface area (Å²) in [5.41, 5.74) is 4.62. The summed E-state index contributed by atoms with van der Waals surface area (Å²) in [6, 6.07) is 10.3. The first-order valence-corrected chi connectivity index (χ1v) is 7.69. The first-order chi connectivity index (χ1) is 9.51. The van der Waals surface area contributed by atoms with Crippen LogP contribution in [0.1, 0.15) is 17.2 Å². The molecule has 1 unspecified atom stereocenters. The van der Waals surface area contributed by atoms with Crippen LogP contribution < -0.4 is 11.3 Å². The van der Waals surface area contributed by atoms with Crippen LogP contribution >= 0.6 is 45.8 Å². The molecule has 0 aliphatic rings. The number of nitrogens with two attached hydrogens (primary N) is 1. The fourth-order valence-electron chi connectivity index (χ4n) is 1.90. The second kappa shape index (κ2) is 7.04. The molecular formula is C14H12Cl2FIN2. The molecule has 2 aromatic carbocycles. The number of hydrazine groups is 1. The summed E-state index contributed by atoms with van der Waals surface area (Å²) < 4.78 is 14.1. The largest absolute Gasteiger partial charge is 0.271 e. The molecule has 20 heavy (non-hydrogen) atoms. The van der Waals surface area contributed by atoms with Gasteiger partial charge in [-0.05, 0) is 64.4 Å². The predicted octanol–water partition coefficient (Wildman–Crippen LogP) is 4.48. The van der Waals surface area contributed by atoms with Crippen molar-refractivity contribution in [3.8, 4) is 0 Å². The van der Waals surface area contributed by atoms with Gasteiger partial charge in [-0.1, -0.05) is 35.3 Å². The lowest BCUT2D eigenvalue weighted by molar-refractivity contribution is 0.551. The highest BCUT2D eigenvalue weighted by atomic mass is 127. The van der Waals surface area contributed by atoms with Gasteiger partial charge in [0.05, 0.1) is 16.1 Å². The minimum atomic E-state index is -0.426. The quantitative estimate of drug-likeness (QED) is 0.431. The van der Waals surface area contributed by atoms with Gasteiger partial charge in [-0.3, -0.25) is 11.3 Å². The zero-order valence-corrected chi connectivity index (χ0v) is 14.0. The van der Waals surface area contributed by atoms with E-state index in [1.54, 1.807) is 12.1 Å². The molecule has 1 atom stereocenters. The van der Waals surface area contributed by atoms with E-state index >= 15 is 0 Å². The fourth-order valence-corrected chi connectivity index (χ4v) is 2.63. The van der Waals surface area contributed by atoms with Gasteiger partial charge < -0.3 is 0 Å². The van der Waals surface area contributed by atoms with Crippen molar-refractivity contribution in [2.24, 2.45) is 5.84 Å². The average molecular weight is 425 g/mol. The van der Waals surface area contributed by atoms with Crippen LogP contribution in [0, 0.1) is 9.39 Å². The molecule has 0 heterocycles. The standard InChI is InChI=1S/C14H12Cl2FIN2/c15-10-5-8(1-3-12(10)17)6-14(20-19)9-2-4-13(18)11(16)7-9/h1-5,7,14,20H,6,19H2. The van der Waals surface area contributed by atoms with Crippen molar-refractivity contribution >= 4 is 45.8 Å². The van der Waals surface area contributed by atoms with E-state index in [9.17, 15) is 4.39 Å². The molecule has 106 valence electrons. The van der Waals surface area contributed by atoms with Crippen LogP contribution in [0.2, 0.25) is 10.0 Å². The van der Waals surface area contributed by atoms with Crippen LogP contribution in [0.15, 0.2) is 36.4 Å². The number of hydrogen-bond acceptors (Lipinski definition) is 2. The van der Waals surface area contributed by atoms with Crippen molar-refractivity contribution in [3.63, 3.8) is 0 Å². The van der Waals surface area contributed by atoms with E-state index in [1.807, 2.05) is 18.2 Å². The molecule has 0 saturated heterocycles. The second-order valence-corrected chi connectivity index (χ2v) is 6.32. The van der Waals surface area contributed by atoms with E-state index in [0.29, 0.717) is 11.4 Å². The molecule has 0 aliphatic carbocycles. The Bertz CT molecular complexity index is 622. The van der Waals surface area contributed by atoms with Crippen molar-refractivity contribution < 1.29 is 4.39 Å². The summed E-state index contributed by atoms with van der Waals surface area (Å²) in [7, 11) is 0. The van der Waals surface area contributed by atoms with Crippen molar-refractivity contribution in [2.75, 3.05) is 0 Å². The van der Waals surface area contributed by atoms with Gasteiger partial charge >= 0.3 is 0 Å². The van der Waals surface area contributed by atoms with E-state index in [1.165, 1.54) is 6.07 Å². The lowest BCUT2D eigenvalue weighted by Crippen LogP contribution is -2.29. The Kier molecular flexibility index (Phi) is 5.63. The van der Waals surface area contributed by atoms with E-state index in [0.717, 1.165) is 14.7 Å². The highest BCUT2D eigenvalue weighted by Gasteiger charge is 2.13. The molecule has 0 amide bonds. The summed E-state index contributed by atoms with van der Waals surface area (Å²) in [5, 5.41) is 0.791. The van der Waals surface area contributed by atoms with E-state index in [-0.39, 0.29) is 11.1 Å². The van der Waals surface area contributed by atoms with Crippen molar-refractivity contribution in [1.29, 1.82) is 0 Å². The second-order valence-electron chi connectivity index (χ2n) is 4.35. The summed E-state index contributed by atoms with van der Waals surface area (Å²) in [4.78, 5) is 0. The number of benzene rings is 2. The molecule has 0 saturated carbocycles. The Morgan fingerprint density at radius 2 is 1.90 bits per heavy atom. The van der Waals surface area contributed by atoms with Crippen LogP contribution in [-0.4, -0.2) is 0 Å². The lowest BCUT2D eigenvalue weighted by atomic mass is 9.99. The Balaban J connectivity index is 2.23. The third-order valence-electron chi connectivity index (χ3n) is 2.97. The number of halogens is 4. The molecule has 3 N–H and O–H groups in total. The van der Waals surface area contributed by atoms with Crippen LogP contribution in [-0.2, 0) is 6.42 Å². The molecular weight excluding hydrogens is 413 g/mol. The third-order valence-corrected chi connectivity index (χ3v) is 4.83. The smallest absolute Gasteiger partial charge is 0.141 e. The average Bonchev–Trinajstić information content (AvgIpc) is 2.43.